The summed E-state index contributed by atoms with van der Waals surface area (Å²) in [5.74, 6) is 0. The molecular weight excluding hydrogens is 206 g/mol. The molecule has 2 heterocycles. The average Bonchev–Trinajstić information content (AvgIpc) is 2.59. The highest BCUT2D eigenvalue weighted by Gasteiger charge is 2.35. The molecule has 1 aromatic heterocycles. The van der Waals surface area contributed by atoms with Crippen LogP contribution in [0.4, 0.5) is 4.79 Å². The molecule has 0 aliphatic carbocycles. The lowest BCUT2D eigenvalue weighted by Gasteiger charge is -2.22. The summed E-state index contributed by atoms with van der Waals surface area (Å²) in [5, 5.41) is 8.97. The molecule has 1 aliphatic heterocycles. The van der Waals surface area contributed by atoms with Gasteiger partial charge in [0.05, 0.1) is 12.6 Å². The average molecular weight is 221 g/mol. The van der Waals surface area contributed by atoms with Gasteiger partial charge in [-0.1, -0.05) is 0 Å². The minimum Gasteiger partial charge on any atom is -0.395 e. The zero-order chi connectivity index (χ0) is 11.5. The predicted octanol–water partition coefficient (Wildman–Crippen LogP) is 0.482. The highest BCUT2D eigenvalue weighted by Crippen LogP contribution is 2.27. The van der Waals surface area contributed by atoms with Gasteiger partial charge in [0.2, 0.25) is 0 Å². The molecule has 0 radical (unpaired) electrons. The summed E-state index contributed by atoms with van der Waals surface area (Å²) in [7, 11) is 1.77. The van der Waals surface area contributed by atoms with Gasteiger partial charge in [-0.25, -0.2) is 4.79 Å². The van der Waals surface area contributed by atoms with Crippen molar-refractivity contribution in [3.8, 4) is 0 Å². The fourth-order valence-electron chi connectivity index (χ4n) is 2.02. The molecule has 16 heavy (non-hydrogen) atoms. The van der Waals surface area contributed by atoms with Gasteiger partial charge in [-0.15, -0.1) is 0 Å². The Balaban J connectivity index is 2.23. The summed E-state index contributed by atoms with van der Waals surface area (Å²) in [6, 6.07) is 3.80. The summed E-state index contributed by atoms with van der Waals surface area (Å²) in [4.78, 5) is 19.1. The Morgan fingerprint density at radius 2 is 2.19 bits per heavy atom. The van der Waals surface area contributed by atoms with Gasteiger partial charge in [0.15, 0.2) is 0 Å². The highest BCUT2D eigenvalue weighted by molar-refractivity contribution is 5.77. The molecule has 5 nitrogen and oxygen atoms in total. The number of aromatic nitrogens is 1. The molecule has 2 amide bonds. The summed E-state index contributed by atoms with van der Waals surface area (Å²) >= 11 is 0. The van der Waals surface area contributed by atoms with Crippen molar-refractivity contribution in [2.45, 2.75) is 6.04 Å². The zero-order valence-corrected chi connectivity index (χ0v) is 9.21. The zero-order valence-electron chi connectivity index (χ0n) is 9.21. The Labute approximate surface area is 94.3 Å². The van der Waals surface area contributed by atoms with E-state index in [1.165, 1.54) is 0 Å². The van der Waals surface area contributed by atoms with Gasteiger partial charge in [-0.2, -0.15) is 0 Å². The van der Waals surface area contributed by atoms with E-state index in [1.54, 1.807) is 29.2 Å². The maximum absolute atomic E-state index is 11.8. The van der Waals surface area contributed by atoms with E-state index in [2.05, 4.69) is 4.98 Å². The maximum Gasteiger partial charge on any atom is 0.320 e. The quantitative estimate of drug-likeness (QED) is 0.807. The molecule has 0 aromatic carbocycles. The number of aliphatic hydroxyl groups excluding tert-OH is 1. The van der Waals surface area contributed by atoms with Crippen molar-refractivity contribution in [2.24, 2.45) is 0 Å². The monoisotopic (exact) mass is 221 g/mol. The Hall–Kier alpha value is -1.62. The van der Waals surface area contributed by atoms with Crippen molar-refractivity contribution in [2.75, 3.05) is 26.7 Å². The largest absolute Gasteiger partial charge is 0.395 e. The van der Waals surface area contributed by atoms with Crippen LogP contribution in [0, 0.1) is 0 Å². The standard InChI is InChI=1S/C11H15N3O2/c1-13-8-10(9-2-4-12-5-3-9)14(6-7-15)11(13)16/h2-5,10,15H,6-8H2,1H3. The van der Waals surface area contributed by atoms with E-state index in [9.17, 15) is 4.79 Å². The summed E-state index contributed by atoms with van der Waals surface area (Å²) in [6.07, 6.45) is 3.44. The van der Waals surface area contributed by atoms with Gasteiger partial charge in [-0.05, 0) is 17.7 Å². The van der Waals surface area contributed by atoms with Crippen LogP contribution >= 0.6 is 0 Å². The molecule has 0 bridgehead atoms. The number of hydrogen-bond acceptors (Lipinski definition) is 3. The van der Waals surface area contributed by atoms with E-state index in [1.807, 2.05) is 12.1 Å². The summed E-state index contributed by atoms with van der Waals surface area (Å²) in [5.41, 5.74) is 1.06. The number of β-amino-alcohol motifs (C(OH)–C–C–N with tert-alkyl or cyclic N) is 1. The smallest absolute Gasteiger partial charge is 0.320 e. The fourth-order valence-corrected chi connectivity index (χ4v) is 2.02. The van der Waals surface area contributed by atoms with Crippen molar-refractivity contribution in [1.82, 2.24) is 14.8 Å². The fraction of sp³-hybridized carbons (Fsp3) is 0.455. The topological polar surface area (TPSA) is 56.7 Å². The number of carbonyl (C=O) groups excluding carboxylic acids is 1. The first-order chi connectivity index (χ1) is 7.74. The van der Waals surface area contributed by atoms with E-state index in [-0.39, 0.29) is 18.7 Å². The molecule has 1 unspecified atom stereocenters. The van der Waals surface area contributed by atoms with E-state index >= 15 is 0 Å². The molecule has 1 aliphatic rings. The SMILES string of the molecule is CN1CC(c2ccncc2)N(CCO)C1=O. The van der Waals surface area contributed by atoms with Crippen LogP contribution in [0.25, 0.3) is 0 Å². The van der Waals surface area contributed by atoms with E-state index in [4.69, 9.17) is 5.11 Å². The Morgan fingerprint density at radius 3 is 2.81 bits per heavy atom. The number of aliphatic hydroxyl groups is 1. The van der Waals surface area contributed by atoms with Crippen molar-refractivity contribution in [3.05, 3.63) is 30.1 Å². The van der Waals surface area contributed by atoms with Crippen LogP contribution in [0.15, 0.2) is 24.5 Å². The number of amides is 2. The molecule has 1 N–H and O–H groups in total. The number of pyridine rings is 1. The highest BCUT2D eigenvalue weighted by atomic mass is 16.3. The number of carbonyl (C=O) groups is 1. The molecule has 1 saturated heterocycles. The first-order valence-corrected chi connectivity index (χ1v) is 5.26. The molecule has 5 heteroatoms. The Bertz CT molecular complexity index is 369. The molecule has 2 rings (SSSR count). The third-order valence-electron chi connectivity index (χ3n) is 2.83. The minimum absolute atomic E-state index is 0.0127. The van der Waals surface area contributed by atoms with Crippen LogP contribution in [0.5, 0.6) is 0 Å². The van der Waals surface area contributed by atoms with Gasteiger partial charge < -0.3 is 14.9 Å². The lowest BCUT2D eigenvalue weighted by molar-refractivity contribution is 0.171. The van der Waals surface area contributed by atoms with Crippen LogP contribution < -0.4 is 0 Å². The van der Waals surface area contributed by atoms with Gasteiger partial charge in [-0.3, -0.25) is 4.98 Å². The normalized spacial score (nSPS) is 20.6. The maximum atomic E-state index is 11.8. The third-order valence-corrected chi connectivity index (χ3v) is 2.83. The summed E-state index contributed by atoms with van der Waals surface area (Å²) in [6.45, 7) is 1.01. The van der Waals surface area contributed by atoms with Gasteiger partial charge >= 0.3 is 6.03 Å². The lowest BCUT2D eigenvalue weighted by atomic mass is 10.1. The van der Waals surface area contributed by atoms with Gasteiger partial charge in [0.25, 0.3) is 0 Å². The molecule has 0 spiro atoms. The van der Waals surface area contributed by atoms with E-state index < -0.39 is 0 Å². The van der Waals surface area contributed by atoms with E-state index in [0.717, 1.165) is 5.56 Å². The Kier molecular flexibility index (Phi) is 3.05. The second-order valence-electron chi connectivity index (χ2n) is 3.88. The van der Waals surface area contributed by atoms with E-state index in [0.29, 0.717) is 13.1 Å². The first-order valence-electron chi connectivity index (χ1n) is 5.26. The van der Waals surface area contributed by atoms with Crippen LogP contribution in [-0.4, -0.2) is 52.7 Å². The second-order valence-corrected chi connectivity index (χ2v) is 3.88. The second kappa shape index (κ2) is 4.49. The number of likely N-dealkylation sites (N-methyl/N-ethyl adjacent to an activating group) is 1. The third kappa shape index (κ3) is 1.86. The Morgan fingerprint density at radius 1 is 1.50 bits per heavy atom. The van der Waals surface area contributed by atoms with Crippen molar-refractivity contribution < 1.29 is 9.90 Å². The minimum atomic E-state index is -0.0316. The van der Waals surface area contributed by atoms with Gasteiger partial charge in [0.1, 0.15) is 0 Å². The number of hydrogen-bond donors (Lipinski definition) is 1. The number of nitrogens with zero attached hydrogens (tertiary/aromatic N) is 3. The van der Waals surface area contributed by atoms with Crippen molar-refractivity contribution in [1.29, 1.82) is 0 Å². The molecule has 1 aromatic rings. The molecule has 86 valence electrons. The van der Waals surface area contributed by atoms with Crippen LogP contribution in [0.2, 0.25) is 0 Å². The van der Waals surface area contributed by atoms with Crippen LogP contribution in [0.3, 0.4) is 0 Å². The van der Waals surface area contributed by atoms with Crippen molar-refractivity contribution in [3.63, 3.8) is 0 Å². The summed E-state index contributed by atoms with van der Waals surface area (Å²) < 4.78 is 0. The molecule has 1 fully saturated rings. The van der Waals surface area contributed by atoms with Gasteiger partial charge in [0, 0.05) is 32.5 Å². The van der Waals surface area contributed by atoms with Crippen LogP contribution in [0.1, 0.15) is 11.6 Å². The van der Waals surface area contributed by atoms with Crippen LogP contribution in [-0.2, 0) is 0 Å². The first kappa shape index (κ1) is 10.9. The number of urea groups is 1. The molecule has 0 saturated carbocycles. The lowest BCUT2D eigenvalue weighted by Crippen LogP contribution is -2.33. The van der Waals surface area contributed by atoms with Crippen molar-refractivity contribution >= 4 is 6.03 Å². The molecular formula is C11H15N3O2. The number of rotatable bonds is 3. The molecule has 1 atom stereocenters. The predicted molar refractivity (Wildman–Crippen MR) is 58.8 cm³/mol.